The molecular weight excluding hydrogens is 297 g/mol. The monoisotopic (exact) mass is 327 g/mol. The van der Waals surface area contributed by atoms with Crippen LogP contribution in [0.1, 0.15) is 39.5 Å². The van der Waals surface area contributed by atoms with Crippen molar-refractivity contribution in [2.75, 3.05) is 33.2 Å². The van der Waals surface area contributed by atoms with Crippen LogP contribution in [-0.2, 0) is 4.79 Å². The Morgan fingerprint density at radius 1 is 1.35 bits per heavy atom. The van der Waals surface area contributed by atoms with Crippen molar-refractivity contribution in [1.29, 1.82) is 0 Å². The highest BCUT2D eigenvalue weighted by atomic mass is 35.5. The number of amides is 1. The van der Waals surface area contributed by atoms with E-state index >= 15 is 0 Å². The van der Waals surface area contributed by atoms with Crippen molar-refractivity contribution in [2.24, 2.45) is 5.92 Å². The fraction of sp³-hybridized carbons (Fsp3) is 0.929. The SMILES string of the molecule is CNCC(C)C(=O)NCCCN1CCCCC1C.Cl.Cl. The second kappa shape index (κ2) is 12.7. The van der Waals surface area contributed by atoms with Crippen molar-refractivity contribution in [1.82, 2.24) is 15.5 Å². The smallest absolute Gasteiger partial charge is 0.224 e. The van der Waals surface area contributed by atoms with Crippen molar-refractivity contribution in [3.05, 3.63) is 0 Å². The minimum atomic E-state index is 0. The van der Waals surface area contributed by atoms with Crippen LogP contribution < -0.4 is 10.6 Å². The van der Waals surface area contributed by atoms with E-state index in [2.05, 4.69) is 22.5 Å². The Hall–Kier alpha value is -0.0300. The molecule has 122 valence electrons. The van der Waals surface area contributed by atoms with E-state index in [0.717, 1.165) is 32.1 Å². The van der Waals surface area contributed by atoms with Crippen LogP contribution in [-0.4, -0.2) is 50.1 Å². The summed E-state index contributed by atoms with van der Waals surface area (Å²) in [5, 5.41) is 6.04. The zero-order valence-electron chi connectivity index (χ0n) is 13.0. The van der Waals surface area contributed by atoms with Gasteiger partial charge in [0.1, 0.15) is 0 Å². The van der Waals surface area contributed by atoms with Crippen molar-refractivity contribution in [2.45, 2.75) is 45.6 Å². The van der Waals surface area contributed by atoms with Gasteiger partial charge in [-0.1, -0.05) is 13.3 Å². The van der Waals surface area contributed by atoms with Crippen LogP contribution in [0.5, 0.6) is 0 Å². The predicted octanol–water partition coefficient (Wildman–Crippen LogP) is 2.07. The molecule has 2 N–H and O–H groups in total. The van der Waals surface area contributed by atoms with Crippen LogP contribution in [0.25, 0.3) is 0 Å². The molecule has 1 rings (SSSR count). The van der Waals surface area contributed by atoms with Gasteiger partial charge in [-0.3, -0.25) is 4.79 Å². The molecule has 0 aromatic rings. The Labute approximate surface area is 136 Å². The number of halogens is 2. The summed E-state index contributed by atoms with van der Waals surface area (Å²) in [5.74, 6) is 0.222. The molecule has 0 aromatic heterocycles. The molecule has 1 aliphatic heterocycles. The molecule has 0 bridgehead atoms. The van der Waals surface area contributed by atoms with Gasteiger partial charge < -0.3 is 15.5 Å². The molecule has 4 nitrogen and oxygen atoms in total. The summed E-state index contributed by atoms with van der Waals surface area (Å²) in [6, 6.07) is 0.720. The highest BCUT2D eigenvalue weighted by molar-refractivity contribution is 5.85. The Kier molecular flexibility index (Phi) is 14.1. The highest BCUT2D eigenvalue weighted by Crippen LogP contribution is 2.15. The van der Waals surface area contributed by atoms with Gasteiger partial charge in [0, 0.05) is 31.6 Å². The number of hydrogen-bond acceptors (Lipinski definition) is 3. The minimum absolute atomic E-state index is 0. The van der Waals surface area contributed by atoms with Gasteiger partial charge in [0.2, 0.25) is 5.91 Å². The highest BCUT2D eigenvalue weighted by Gasteiger charge is 2.17. The van der Waals surface area contributed by atoms with Crippen LogP contribution in [0.4, 0.5) is 0 Å². The maximum atomic E-state index is 11.7. The lowest BCUT2D eigenvalue weighted by atomic mass is 10.0. The van der Waals surface area contributed by atoms with E-state index < -0.39 is 0 Å². The number of nitrogens with one attached hydrogen (secondary N) is 2. The lowest BCUT2D eigenvalue weighted by Gasteiger charge is -2.33. The summed E-state index contributed by atoms with van der Waals surface area (Å²) in [5.41, 5.74) is 0. The van der Waals surface area contributed by atoms with Gasteiger partial charge in [0.25, 0.3) is 0 Å². The van der Waals surface area contributed by atoms with E-state index in [-0.39, 0.29) is 36.6 Å². The van der Waals surface area contributed by atoms with Crippen LogP contribution in [0, 0.1) is 5.92 Å². The van der Waals surface area contributed by atoms with Gasteiger partial charge in [-0.2, -0.15) is 0 Å². The second-order valence-corrected chi connectivity index (χ2v) is 5.48. The lowest BCUT2D eigenvalue weighted by molar-refractivity contribution is -0.124. The van der Waals surface area contributed by atoms with E-state index in [4.69, 9.17) is 0 Å². The average Bonchev–Trinajstić information content (AvgIpc) is 2.36. The molecule has 1 saturated heterocycles. The first kappa shape index (κ1) is 22.3. The topological polar surface area (TPSA) is 44.4 Å². The van der Waals surface area contributed by atoms with Crippen molar-refractivity contribution < 1.29 is 4.79 Å². The second-order valence-electron chi connectivity index (χ2n) is 5.48. The third-order valence-corrected chi connectivity index (χ3v) is 3.82. The molecule has 2 atom stereocenters. The quantitative estimate of drug-likeness (QED) is 0.703. The molecule has 1 aliphatic rings. The first-order chi connectivity index (χ1) is 8.65. The molecule has 0 spiro atoms. The number of rotatable bonds is 7. The Bertz CT molecular complexity index is 255. The molecule has 2 unspecified atom stereocenters. The molecule has 1 heterocycles. The largest absolute Gasteiger partial charge is 0.356 e. The van der Waals surface area contributed by atoms with Crippen LogP contribution in [0.15, 0.2) is 0 Å². The summed E-state index contributed by atoms with van der Waals surface area (Å²) in [6.07, 6.45) is 5.08. The minimum Gasteiger partial charge on any atom is -0.356 e. The zero-order valence-corrected chi connectivity index (χ0v) is 14.6. The van der Waals surface area contributed by atoms with Crippen molar-refractivity contribution >= 4 is 30.7 Å². The third-order valence-electron chi connectivity index (χ3n) is 3.82. The summed E-state index contributed by atoms with van der Waals surface area (Å²) >= 11 is 0. The number of carbonyl (C=O) groups excluding carboxylic acids is 1. The predicted molar refractivity (Wildman–Crippen MR) is 90.1 cm³/mol. The summed E-state index contributed by atoms with van der Waals surface area (Å²) in [7, 11) is 1.88. The number of nitrogens with zero attached hydrogens (tertiary/aromatic N) is 1. The lowest BCUT2D eigenvalue weighted by Crippen LogP contribution is -2.40. The van der Waals surface area contributed by atoms with E-state index in [1.54, 1.807) is 0 Å². The summed E-state index contributed by atoms with van der Waals surface area (Å²) < 4.78 is 0. The number of piperidine rings is 1. The molecule has 0 aromatic carbocycles. The Balaban J connectivity index is 0. The van der Waals surface area contributed by atoms with Crippen molar-refractivity contribution in [3.63, 3.8) is 0 Å². The maximum Gasteiger partial charge on any atom is 0.224 e. The van der Waals surface area contributed by atoms with Crippen LogP contribution in [0.2, 0.25) is 0 Å². The van der Waals surface area contributed by atoms with Gasteiger partial charge >= 0.3 is 0 Å². The summed E-state index contributed by atoms with van der Waals surface area (Å²) in [6.45, 7) is 8.16. The molecular formula is C14H31Cl2N3O. The van der Waals surface area contributed by atoms with Crippen LogP contribution >= 0.6 is 24.8 Å². The van der Waals surface area contributed by atoms with Crippen LogP contribution in [0.3, 0.4) is 0 Å². The van der Waals surface area contributed by atoms with Gasteiger partial charge in [-0.05, 0) is 39.8 Å². The fourth-order valence-corrected chi connectivity index (χ4v) is 2.56. The average molecular weight is 328 g/mol. The standard InChI is InChI=1S/C14H29N3O.2ClH/c1-12(11-15-3)14(18)16-8-6-10-17-9-5-4-7-13(17)2;;/h12-13,15H,4-11H2,1-3H3,(H,16,18);2*1H. The molecule has 6 heteroatoms. The molecule has 1 amide bonds. The molecule has 0 aliphatic carbocycles. The maximum absolute atomic E-state index is 11.7. The van der Waals surface area contributed by atoms with Gasteiger partial charge in [0.15, 0.2) is 0 Å². The van der Waals surface area contributed by atoms with Gasteiger partial charge in [0.05, 0.1) is 0 Å². The van der Waals surface area contributed by atoms with Gasteiger partial charge in [-0.25, -0.2) is 0 Å². The number of hydrogen-bond donors (Lipinski definition) is 2. The van der Waals surface area contributed by atoms with Gasteiger partial charge in [-0.15, -0.1) is 24.8 Å². The third kappa shape index (κ3) is 8.30. The Morgan fingerprint density at radius 3 is 2.65 bits per heavy atom. The van der Waals surface area contributed by atoms with E-state index in [0.29, 0.717) is 0 Å². The normalized spacial score (nSPS) is 20.4. The fourth-order valence-electron chi connectivity index (χ4n) is 2.56. The number of likely N-dealkylation sites (tertiary alicyclic amines) is 1. The number of carbonyl (C=O) groups is 1. The van der Waals surface area contributed by atoms with Crippen molar-refractivity contribution in [3.8, 4) is 0 Å². The molecule has 0 saturated carbocycles. The zero-order chi connectivity index (χ0) is 13.4. The van der Waals surface area contributed by atoms with E-state index in [1.165, 1.54) is 25.8 Å². The van der Waals surface area contributed by atoms with E-state index in [9.17, 15) is 4.79 Å². The molecule has 0 radical (unpaired) electrons. The Morgan fingerprint density at radius 2 is 2.05 bits per heavy atom. The first-order valence-corrected chi connectivity index (χ1v) is 7.31. The molecule has 1 fully saturated rings. The first-order valence-electron chi connectivity index (χ1n) is 7.31. The summed E-state index contributed by atoms with van der Waals surface area (Å²) in [4.78, 5) is 14.2. The molecule has 20 heavy (non-hydrogen) atoms. The van der Waals surface area contributed by atoms with E-state index in [1.807, 2.05) is 14.0 Å².